The lowest BCUT2D eigenvalue weighted by Crippen LogP contribution is -2.45. The minimum absolute atomic E-state index is 0.146. The van der Waals surface area contributed by atoms with Crippen LogP contribution < -0.4 is 15.5 Å². The maximum atomic E-state index is 11.8. The predicted octanol–water partition coefficient (Wildman–Crippen LogP) is 1.99. The van der Waals surface area contributed by atoms with Gasteiger partial charge in [-0.2, -0.15) is 0 Å². The fraction of sp³-hybridized carbons (Fsp3) is 0.500. The van der Waals surface area contributed by atoms with Crippen molar-refractivity contribution in [1.82, 2.24) is 15.6 Å². The molecule has 0 unspecified atom stereocenters. The average molecular weight is 318 g/mol. The number of hydrogen-bond donors (Lipinski definition) is 2. The van der Waals surface area contributed by atoms with Crippen molar-refractivity contribution in [2.24, 2.45) is 0 Å². The van der Waals surface area contributed by atoms with Gasteiger partial charge in [0.05, 0.1) is 10.2 Å². The van der Waals surface area contributed by atoms with Crippen molar-refractivity contribution in [3.63, 3.8) is 0 Å². The highest BCUT2D eigenvalue weighted by Gasteiger charge is 2.22. The smallest absolute Gasteiger partial charge is 0.221 e. The second-order valence-corrected chi connectivity index (χ2v) is 6.66. The number of carbonyl (C=O) groups excluding carboxylic acids is 1. The fourth-order valence-electron chi connectivity index (χ4n) is 2.75. The van der Waals surface area contributed by atoms with E-state index in [2.05, 4.69) is 33.7 Å². The summed E-state index contributed by atoms with van der Waals surface area (Å²) in [5.41, 5.74) is 1.07. The number of nitrogens with one attached hydrogen (secondary N) is 2. The van der Waals surface area contributed by atoms with Crippen LogP contribution in [0.1, 0.15) is 19.3 Å². The lowest BCUT2D eigenvalue weighted by atomic mass is 10.1. The zero-order valence-corrected chi connectivity index (χ0v) is 13.7. The summed E-state index contributed by atoms with van der Waals surface area (Å²) in [5.74, 6) is 0.146. The van der Waals surface area contributed by atoms with E-state index in [0.717, 1.165) is 43.1 Å². The quantitative estimate of drug-likeness (QED) is 0.885. The number of benzene rings is 1. The number of para-hydroxylation sites is 1. The van der Waals surface area contributed by atoms with E-state index in [9.17, 15) is 4.79 Å². The van der Waals surface area contributed by atoms with Crippen LogP contribution in [0.5, 0.6) is 0 Å². The van der Waals surface area contributed by atoms with Crippen molar-refractivity contribution in [2.45, 2.75) is 25.3 Å². The van der Waals surface area contributed by atoms with Crippen LogP contribution in [-0.4, -0.2) is 43.6 Å². The van der Waals surface area contributed by atoms with Crippen molar-refractivity contribution in [1.29, 1.82) is 0 Å². The maximum Gasteiger partial charge on any atom is 0.221 e. The molecule has 22 heavy (non-hydrogen) atoms. The van der Waals surface area contributed by atoms with Gasteiger partial charge < -0.3 is 15.5 Å². The third-order valence-electron chi connectivity index (χ3n) is 4.02. The largest absolute Gasteiger partial charge is 0.353 e. The lowest BCUT2D eigenvalue weighted by molar-refractivity contribution is -0.121. The molecule has 0 aliphatic carbocycles. The third kappa shape index (κ3) is 3.56. The van der Waals surface area contributed by atoms with Crippen LogP contribution in [0.15, 0.2) is 24.3 Å². The molecule has 5 nitrogen and oxygen atoms in total. The van der Waals surface area contributed by atoms with E-state index < -0.39 is 0 Å². The SMILES string of the molecule is CNCCC(=O)NC1CCN(c2nc3ccccc3s2)CC1. The molecule has 0 atom stereocenters. The molecule has 0 spiro atoms. The van der Waals surface area contributed by atoms with Gasteiger partial charge in [-0.1, -0.05) is 23.5 Å². The number of piperidine rings is 1. The summed E-state index contributed by atoms with van der Waals surface area (Å²) in [6.07, 6.45) is 2.52. The molecule has 2 aromatic rings. The number of anilines is 1. The first-order valence-electron chi connectivity index (χ1n) is 7.81. The molecule has 0 bridgehead atoms. The van der Waals surface area contributed by atoms with Gasteiger partial charge in [0.1, 0.15) is 0 Å². The van der Waals surface area contributed by atoms with Gasteiger partial charge in [0.15, 0.2) is 5.13 Å². The van der Waals surface area contributed by atoms with Crippen molar-refractivity contribution < 1.29 is 4.79 Å². The first-order chi connectivity index (χ1) is 10.8. The lowest BCUT2D eigenvalue weighted by Gasteiger charge is -2.32. The molecule has 3 rings (SSSR count). The van der Waals surface area contributed by atoms with Crippen molar-refractivity contribution in [3.8, 4) is 0 Å². The summed E-state index contributed by atoms with van der Waals surface area (Å²) in [6, 6.07) is 8.56. The number of thiazole rings is 1. The summed E-state index contributed by atoms with van der Waals surface area (Å²) < 4.78 is 1.24. The van der Waals surface area contributed by atoms with E-state index >= 15 is 0 Å². The van der Waals surface area contributed by atoms with E-state index in [1.807, 2.05) is 13.1 Å². The van der Waals surface area contributed by atoms with Gasteiger partial charge in [-0.15, -0.1) is 0 Å². The highest BCUT2D eigenvalue weighted by Crippen LogP contribution is 2.30. The molecule has 118 valence electrons. The van der Waals surface area contributed by atoms with Gasteiger partial charge in [-0.25, -0.2) is 4.98 Å². The molecule has 1 aromatic carbocycles. The Kier molecular flexibility index (Phi) is 4.90. The Hall–Kier alpha value is -1.66. The Bertz CT molecular complexity index is 601. The molecule has 1 fully saturated rings. The normalized spacial score (nSPS) is 16.1. The molecule has 0 saturated carbocycles. The first kappa shape index (κ1) is 15.2. The van der Waals surface area contributed by atoms with Crippen molar-refractivity contribution >= 4 is 32.6 Å². The zero-order valence-electron chi connectivity index (χ0n) is 12.8. The van der Waals surface area contributed by atoms with Gasteiger partial charge in [0.25, 0.3) is 0 Å². The first-order valence-corrected chi connectivity index (χ1v) is 8.62. The van der Waals surface area contributed by atoms with Gasteiger partial charge in [-0.3, -0.25) is 4.79 Å². The van der Waals surface area contributed by atoms with Crippen LogP contribution in [0.25, 0.3) is 10.2 Å². The molecule has 0 radical (unpaired) electrons. The molecule has 1 saturated heterocycles. The molecule has 6 heteroatoms. The molecular weight excluding hydrogens is 296 g/mol. The Labute approximate surface area is 134 Å². The number of hydrogen-bond acceptors (Lipinski definition) is 5. The predicted molar refractivity (Wildman–Crippen MR) is 91.5 cm³/mol. The van der Waals surface area contributed by atoms with E-state index in [4.69, 9.17) is 4.98 Å². The Morgan fingerprint density at radius 2 is 2.14 bits per heavy atom. The second kappa shape index (κ2) is 7.07. The minimum Gasteiger partial charge on any atom is -0.353 e. The van der Waals surface area contributed by atoms with Gasteiger partial charge >= 0.3 is 0 Å². The minimum atomic E-state index is 0.146. The van der Waals surface area contributed by atoms with Crippen LogP contribution in [-0.2, 0) is 4.79 Å². The summed E-state index contributed by atoms with van der Waals surface area (Å²) in [4.78, 5) is 18.8. The third-order valence-corrected chi connectivity index (χ3v) is 5.11. The monoisotopic (exact) mass is 318 g/mol. The Morgan fingerprint density at radius 3 is 2.86 bits per heavy atom. The van der Waals surface area contributed by atoms with E-state index in [-0.39, 0.29) is 5.91 Å². The molecule has 2 heterocycles. The van der Waals surface area contributed by atoms with Crippen LogP contribution in [0.4, 0.5) is 5.13 Å². The average Bonchev–Trinajstić information content (AvgIpc) is 2.97. The molecule has 1 aliphatic rings. The Morgan fingerprint density at radius 1 is 1.36 bits per heavy atom. The highest BCUT2D eigenvalue weighted by atomic mass is 32.1. The van der Waals surface area contributed by atoms with Crippen molar-refractivity contribution in [2.75, 3.05) is 31.6 Å². The molecule has 1 amide bonds. The maximum absolute atomic E-state index is 11.8. The summed E-state index contributed by atoms with van der Waals surface area (Å²) in [7, 11) is 1.86. The number of aromatic nitrogens is 1. The number of amides is 1. The molecule has 1 aliphatic heterocycles. The standard InChI is InChI=1S/C16H22N4OS/c1-17-9-6-15(21)18-12-7-10-20(11-8-12)16-19-13-4-2-3-5-14(13)22-16/h2-5,12,17H,6-11H2,1H3,(H,18,21). The zero-order chi connectivity index (χ0) is 15.4. The van der Waals surface area contributed by atoms with Crippen LogP contribution >= 0.6 is 11.3 Å². The number of rotatable bonds is 5. The van der Waals surface area contributed by atoms with Crippen molar-refractivity contribution in [3.05, 3.63) is 24.3 Å². The van der Waals surface area contributed by atoms with Gasteiger partial charge in [0.2, 0.25) is 5.91 Å². The summed E-state index contributed by atoms with van der Waals surface area (Å²) in [5, 5.41) is 7.23. The van der Waals surface area contributed by atoms with Gasteiger partial charge in [0, 0.05) is 32.1 Å². The Balaban J connectivity index is 1.54. The number of nitrogens with zero attached hydrogens (tertiary/aromatic N) is 2. The number of carbonyl (C=O) groups is 1. The van der Waals surface area contributed by atoms with Crippen LogP contribution in [0.2, 0.25) is 0 Å². The van der Waals surface area contributed by atoms with E-state index in [1.165, 1.54) is 4.70 Å². The van der Waals surface area contributed by atoms with Crippen LogP contribution in [0, 0.1) is 0 Å². The fourth-order valence-corrected chi connectivity index (χ4v) is 3.77. The van der Waals surface area contributed by atoms with Gasteiger partial charge in [-0.05, 0) is 32.0 Å². The van der Waals surface area contributed by atoms with Crippen LogP contribution in [0.3, 0.4) is 0 Å². The highest BCUT2D eigenvalue weighted by molar-refractivity contribution is 7.22. The topological polar surface area (TPSA) is 57.3 Å². The summed E-state index contributed by atoms with van der Waals surface area (Å²) in [6.45, 7) is 2.64. The molecular formula is C16H22N4OS. The second-order valence-electron chi connectivity index (χ2n) is 5.65. The van der Waals surface area contributed by atoms with E-state index in [1.54, 1.807) is 11.3 Å². The van der Waals surface area contributed by atoms with E-state index in [0.29, 0.717) is 12.5 Å². The molecule has 1 aromatic heterocycles. The molecule has 2 N–H and O–H groups in total. The number of fused-ring (bicyclic) bond motifs is 1. The summed E-state index contributed by atoms with van der Waals surface area (Å²) >= 11 is 1.75.